The smallest absolute Gasteiger partial charge is 0.335 e. The quantitative estimate of drug-likeness (QED) is 0.215. The summed E-state index contributed by atoms with van der Waals surface area (Å²) >= 11 is 6.20. The van der Waals surface area contributed by atoms with E-state index in [1.807, 2.05) is 11.5 Å². The minimum Gasteiger partial charge on any atom is -0.478 e. The lowest BCUT2D eigenvalue weighted by atomic mass is 10.0. The van der Waals surface area contributed by atoms with Crippen molar-refractivity contribution in [3.05, 3.63) is 94.0 Å². The molecule has 1 aliphatic heterocycles. The van der Waals surface area contributed by atoms with E-state index in [0.29, 0.717) is 47.3 Å². The van der Waals surface area contributed by atoms with Crippen LogP contribution in [0.25, 0.3) is 22.3 Å². The van der Waals surface area contributed by atoms with E-state index in [9.17, 15) is 9.90 Å². The maximum atomic E-state index is 15.5. The van der Waals surface area contributed by atoms with Crippen molar-refractivity contribution in [3.63, 3.8) is 0 Å². The minimum absolute atomic E-state index is 0.00537. The fraction of sp³-hybridized carbons (Fsp3) is 0.267. The van der Waals surface area contributed by atoms with Crippen LogP contribution in [0.3, 0.4) is 0 Å². The molecule has 1 unspecified atom stereocenters. The molecule has 1 saturated heterocycles. The van der Waals surface area contributed by atoms with Crippen LogP contribution in [0.4, 0.5) is 8.78 Å². The van der Waals surface area contributed by atoms with Crippen molar-refractivity contribution in [3.8, 4) is 17.1 Å². The van der Waals surface area contributed by atoms with Crippen molar-refractivity contribution in [2.45, 2.75) is 45.6 Å². The second-order valence-electron chi connectivity index (χ2n) is 9.96. The number of fused-ring (bicyclic) bond motifs is 1. The second kappa shape index (κ2) is 11.5. The molecule has 0 bridgehead atoms. The summed E-state index contributed by atoms with van der Waals surface area (Å²) < 4.78 is 45.7. The van der Waals surface area contributed by atoms with Gasteiger partial charge in [-0.25, -0.2) is 23.5 Å². The van der Waals surface area contributed by atoms with Crippen LogP contribution in [0.2, 0.25) is 5.02 Å². The number of aromatic nitrogens is 5. The maximum Gasteiger partial charge on any atom is 0.335 e. The summed E-state index contributed by atoms with van der Waals surface area (Å²) in [5.74, 6) is -1.65. The molecule has 0 aliphatic carbocycles. The van der Waals surface area contributed by atoms with Gasteiger partial charge >= 0.3 is 5.97 Å². The average Bonchev–Trinajstić information content (AvgIpc) is 3.49. The molecule has 4 heterocycles. The van der Waals surface area contributed by atoms with Gasteiger partial charge in [-0.1, -0.05) is 17.7 Å². The van der Waals surface area contributed by atoms with Gasteiger partial charge in [-0.15, -0.1) is 0 Å². The molecule has 12 heteroatoms. The fourth-order valence-corrected chi connectivity index (χ4v) is 5.06. The highest BCUT2D eigenvalue weighted by Crippen LogP contribution is 2.29. The zero-order chi connectivity index (χ0) is 29.4. The van der Waals surface area contributed by atoms with Crippen molar-refractivity contribution in [2.75, 3.05) is 6.61 Å². The van der Waals surface area contributed by atoms with Crippen LogP contribution in [0, 0.1) is 11.6 Å². The molecule has 1 fully saturated rings. The van der Waals surface area contributed by atoms with Gasteiger partial charge in [-0.3, -0.25) is 4.68 Å². The number of hydrogen-bond donors (Lipinski definition) is 1. The monoisotopic (exact) mass is 593 g/mol. The highest BCUT2D eigenvalue weighted by atomic mass is 35.5. The Labute approximate surface area is 244 Å². The van der Waals surface area contributed by atoms with Gasteiger partial charge < -0.3 is 19.1 Å². The Hall–Kier alpha value is -4.35. The highest BCUT2D eigenvalue weighted by molar-refractivity contribution is 6.31. The highest BCUT2D eigenvalue weighted by Gasteiger charge is 2.24. The second-order valence-corrected chi connectivity index (χ2v) is 10.4. The Morgan fingerprint density at radius 1 is 1.17 bits per heavy atom. The summed E-state index contributed by atoms with van der Waals surface area (Å²) in [6, 6.07) is 11.7. The number of benzene rings is 2. The molecule has 1 atom stereocenters. The van der Waals surface area contributed by atoms with E-state index in [2.05, 4.69) is 15.1 Å². The van der Waals surface area contributed by atoms with Crippen molar-refractivity contribution in [1.29, 1.82) is 0 Å². The number of halogens is 3. The molecule has 0 spiro atoms. The number of hydrogen-bond acceptors (Lipinski definition) is 6. The van der Waals surface area contributed by atoms with Crippen molar-refractivity contribution >= 4 is 28.6 Å². The number of carboxylic acid groups (broad SMARTS) is 1. The standard InChI is InChI=1S/C30H26ClF2N5O4/c1-2-37-15-21(31)26(36-37)16-42-29-5-3-4-24(35-29)20-13-22(32)18(10-23(20)33)12-28-34-25-7-6-17(30(39)40)11-27(25)38(28)14-19-8-9-41-19/h3-7,10-11,13,15,19H,2,8-9,12,14,16H2,1H3,(H,39,40). The van der Waals surface area contributed by atoms with Gasteiger partial charge in [0.15, 0.2) is 0 Å². The van der Waals surface area contributed by atoms with Crippen molar-refractivity contribution < 1.29 is 28.2 Å². The number of rotatable bonds is 10. The molecular formula is C30H26ClF2N5O4. The lowest BCUT2D eigenvalue weighted by Gasteiger charge is -2.27. The van der Waals surface area contributed by atoms with Crippen molar-refractivity contribution in [2.24, 2.45) is 0 Å². The van der Waals surface area contributed by atoms with Gasteiger partial charge in [0.05, 0.1) is 40.0 Å². The SMILES string of the molecule is CCn1cc(Cl)c(COc2cccc(-c3cc(F)c(Cc4nc5ccc(C(=O)O)cc5n4CC4CCO4)cc3F)n2)n1. The number of aromatic carboxylic acids is 1. The molecule has 0 amide bonds. The molecule has 6 rings (SSSR count). The number of aryl methyl sites for hydroxylation is 1. The normalized spacial score (nSPS) is 14.7. The summed E-state index contributed by atoms with van der Waals surface area (Å²) in [5, 5.41) is 14.3. The van der Waals surface area contributed by atoms with E-state index in [4.69, 9.17) is 21.1 Å². The fourth-order valence-electron chi connectivity index (χ4n) is 4.85. The number of pyridine rings is 1. The summed E-state index contributed by atoms with van der Waals surface area (Å²) in [6.45, 7) is 3.74. The molecule has 42 heavy (non-hydrogen) atoms. The molecule has 1 N–H and O–H groups in total. The maximum absolute atomic E-state index is 15.5. The Morgan fingerprint density at radius 2 is 2.00 bits per heavy atom. The third-order valence-electron chi connectivity index (χ3n) is 7.21. The van der Waals surface area contributed by atoms with Crippen LogP contribution in [0.1, 0.15) is 40.8 Å². The van der Waals surface area contributed by atoms with Crippen LogP contribution in [-0.4, -0.2) is 48.1 Å². The first-order valence-corrected chi connectivity index (χ1v) is 13.8. The predicted octanol–water partition coefficient (Wildman–Crippen LogP) is 5.90. The molecule has 5 aromatic rings. The molecule has 216 valence electrons. The summed E-state index contributed by atoms with van der Waals surface area (Å²) in [4.78, 5) is 20.5. The van der Waals surface area contributed by atoms with E-state index in [1.54, 1.807) is 35.1 Å². The van der Waals surface area contributed by atoms with E-state index in [1.165, 1.54) is 12.1 Å². The topological polar surface area (TPSA) is 104 Å². The van der Waals surface area contributed by atoms with Crippen LogP contribution in [0.15, 0.2) is 54.7 Å². The molecule has 3 aromatic heterocycles. The average molecular weight is 594 g/mol. The molecule has 1 aliphatic rings. The number of carboxylic acids is 1. The first-order valence-electron chi connectivity index (χ1n) is 13.4. The zero-order valence-electron chi connectivity index (χ0n) is 22.6. The number of nitrogens with zero attached hydrogens (tertiary/aromatic N) is 5. The number of carbonyl (C=O) groups is 1. The zero-order valence-corrected chi connectivity index (χ0v) is 23.3. The predicted molar refractivity (Wildman–Crippen MR) is 151 cm³/mol. The minimum atomic E-state index is -1.06. The third-order valence-corrected chi connectivity index (χ3v) is 7.52. The first kappa shape index (κ1) is 27.8. The Bertz CT molecular complexity index is 1800. The lowest BCUT2D eigenvalue weighted by molar-refractivity contribution is -0.0589. The molecule has 0 saturated carbocycles. The first-order chi connectivity index (χ1) is 20.3. The van der Waals surface area contributed by atoms with Crippen LogP contribution >= 0.6 is 11.6 Å². The van der Waals surface area contributed by atoms with Crippen LogP contribution in [0.5, 0.6) is 5.88 Å². The van der Waals surface area contributed by atoms with E-state index < -0.39 is 17.6 Å². The Balaban J connectivity index is 1.27. The van der Waals surface area contributed by atoms with Gasteiger partial charge in [0.1, 0.15) is 29.8 Å². The van der Waals surface area contributed by atoms with E-state index >= 15 is 8.78 Å². The van der Waals surface area contributed by atoms with Gasteiger partial charge in [-0.2, -0.15) is 5.10 Å². The van der Waals surface area contributed by atoms with Crippen LogP contribution < -0.4 is 4.74 Å². The lowest BCUT2D eigenvalue weighted by Crippen LogP contribution is -2.31. The summed E-state index contributed by atoms with van der Waals surface area (Å²) in [7, 11) is 0. The van der Waals surface area contributed by atoms with Gasteiger partial charge in [0.25, 0.3) is 0 Å². The number of ether oxygens (including phenoxy) is 2. The van der Waals surface area contributed by atoms with Gasteiger partial charge in [-0.05, 0) is 55.3 Å². The molecule has 2 aromatic carbocycles. The molecule has 0 radical (unpaired) electrons. The Kier molecular flexibility index (Phi) is 7.61. The Morgan fingerprint density at radius 3 is 2.71 bits per heavy atom. The number of imidazole rings is 1. The van der Waals surface area contributed by atoms with Crippen LogP contribution in [-0.2, 0) is 30.9 Å². The van der Waals surface area contributed by atoms with E-state index in [-0.39, 0.29) is 47.4 Å². The van der Waals surface area contributed by atoms with E-state index in [0.717, 1.165) is 18.6 Å². The molecular weight excluding hydrogens is 568 g/mol. The summed E-state index contributed by atoms with van der Waals surface area (Å²) in [5.41, 5.74) is 2.12. The van der Waals surface area contributed by atoms with Gasteiger partial charge in [0, 0.05) is 37.4 Å². The van der Waals surface area contributed by atoms with Crippen molar-refractivity contribution in [1.82, 2.24) is 24.3 Å². The largest absolute Gasteiger partial charge is 0.478 e. The summed E-state index contributed by atoms with van der Waals surface area (Å²) in [6.07, 6.45) is 2.49. The third kappa shape index (κ3) is 5.57. The molecule has 9 nitrogen and oxygen atoms in total. The van der Waals surface area contributed by atoms with Gasteiger partial charge in [0.2, 0.25) is 5.88 Å².